The summed E-state index contributed by atoms with van der Waals surface area (Å²) in [5.74, 6) is -2.42. The van der Waals surface area contributed by atoms with Crippen LogP contribution in [0.4, 0.5) is 14.5 Å². The van der Waals surface area contributed by atoms with Crippen molar-refractivity contribution in [2.24, 2.45) is 5.73 Å². The topological polar surface area (TPSA) is 78.4 Å². The molecule has 1 aliphatic carbocycles. The molecule has 0 spiro atoms. The van der Waals surface area contributed by atoms with Crippen molar-refractivity contribution in [2.45, 2.75) is 24.2 Å². The summed E-state index contributed by atoms with van der Waals surface area (Å²) in [6.45, 7) is 0.000117. The summed E-state index contributed by atoms with van der Waals surface area (Å²) in [4.78, 5) is 10.2. The van der Waals surface area contributed by atoms with Crippen LogP contribution in [0.2, 0.25) is 0 Å². The number of ether oxygens (including phenoxy) is 1. The summed E-state index contributed by atoms with van der Waals surface area (Å²) in [5, 5.41) is 10.8. The second-order valence-electron chi connectivity index (χ2n) is 4.84. The van der Waals surface area contributed by atoms with E-state index in [1.807, 2.05) is 0 Å². The highest BCUT2D eigenvalue weighted by Gasteiger charge is 2.57. The van der Waals surface area contributed by atoms with Gasteiger partial charge in [-0.2, -0.15) is 0 Å². The van der Waals surface area contributed by atoms with E-state index in [2.05, 4.69) is 0 Å². The second-order valence-corrected chi connectivity index (χ2v) is 4.84. The molecular formula is C12H14F2N2O3. The van der Waals surface area contributed by atoms with Crippen LogP contribution in [-0.4, -0.2) is 24.5 Å². The van der Waals surface area contributed by atoms with Crippen LogP contribution in [0.15, 0.2) is 18.2 Å². The van der Waals surface area contributed by atoms with Gasteiger partial charge >= 0.3 is 0 Å². The minimum Gasteiger partial charge on any atom is -0.496 e. The van der Waals surface area contributed by atoms with Gasteiger partial charge in [-0.25, -0.2) is 8.78 Å². The van der Waals surface area contributed by atoms with Crippen molar-refractivity contribution < 1.29 is 18.4 Å². The van der Waals surface area contributed by atoms with Crippen molar-refractivity contribution in [3.63, 3.8) is 0 Å². The molecule has 2 rings (SSSR count). The first-order valence-corrected chi connectivity index (χ1v) is 5.74. The SMILES string of the molecule is COc1ccc([N+](=O)[O-])cc1C1(CN)CC(F)(F)C1. The lowest BCUT2D eigenvalue weighted by Gasteiger charge is -2.47. The van der Waals surface area contributed by atoms with Crippen molar-refractivity contribution in [1.29, 1.82) is 0 Å². The van der Waals surface area contributed by atoms with Gasteiger partial charge in [0.15, 0.2) is 0 Å². The summed E-state index contributed by atoms with van der Waals surface area (Å²) >= 11 is 0. The zero-order valence-electron chi connectivity index (χ0n) is 10.4. The Morgan fingerprint density at radius 3 is 2.53 bits per heavy atom. The molecule has 0 aromatic heterocycles. The number of nitrogens with two attached hydrogens (primary N) is 1. The predicted octanol–water partition coefficient (Wildman–Crippen LogP) is 2.23. The summed E-state index contributed by atoms with van der Waals surface area (Å²) < 4.78 is 31.4. The summed E-state index contributed by atoms with van der Waals surface area (Å²) in [6, 6.07) is 3.98. The fourth-order valence-electron chi connectivity index (χ4n) is 2.61. The Labute approximate surface area is 108 Å². The predicted molar refractivity (Wildman–Crippen MR) is 64.6 cm³/mol. The van der Waals surface area contributed by atoms with Gasteiger partial charge in [-0.1, -0.05) is 0 Å². The number of rotatable bonds is 4. The maximum absolute atomic E-state index is 13.2. The number of hydrogen-bond acceptors (Lipinski definition) is 4. The van der Waals surface area contributed by atoms with Crippen molar-refractivity contribution in [1.82, 2.24) is 0 Å². The molecule has 0 heterocycles. The average molecular weight is 272 g/mol. The van der Waals surface area contributed by atoms with E-state index in [0.29, 0.717) is 11.3 Å². The van der Waals surface area contributed by atoms with Crippen molar-refractivity contribution in [2.75, 3.05) is 13.7 Å². The molecule has 0 atom stereocenters. The van der Waals surface area contributed by atoms with Gasteiger partial charge in [0.1, 0.15) is 5.75 Å². The van der Waals surface area contributed by atoms with E-state index >= 15 is 0 Å². The van der Waals surface area contributed by atoms with E-state index in [0.717, 1.165) is 0 Å². The van der Waals surface area contributed by atoms with E-state index in [1.54, 1.807) is 0 Å². The van der Waals surface area contributed by atoms with Gasteiger partial charge in [0.25, 0.3) is 5.69 Å². The first kappa shape index (κ1) is 13.7. The third-order valence-electron chi connectivity index (χ3n) is 3.55. The normalized spacial score (nSPS) is 19.6. The number of benzene rings is 1. The first-order chi connectivity index (χ1) is 8.83. The van der Waals surface area contributed by atoms with Gasteiger partial charge in [0.05, 0.1) is 12.0 Å². The molecule has 1 aromatic rings. The number of nitro benzene ring substituents is 1. The number of alkyl halides is 2. The van der Waals surface area contributed by atoms with E-state index in [4.69, 9.17) is 10.5 Å². The number of nitro groups is 1. The molecule has 104 valence electrons. The molecule has 5 nitrogen and oxygen atoms in total. The van der Waals surface area contributed by atoms with Gasteiger partial charge in [-0.15, -0.1) is 0 Å². The lowest BCUT2D eigenvalue weighted by molar-refractivity contribution is -0.385. The molecule has 0 aliphatic heterocycles. The quantitative estimate of drug-likeness (QED) is 0.673. The highest BCUT2D eigenvalue weighted by atomic mass is 19.3. The van der Waals surface area contributed by atoms with Crippen LogP contribution < -0.4 is 10.5 Å². The molecule has 0 amide bonds. The lowest BCUT2D eigenvalue weighted by Crippen LogP contribution is -2.53. The minimum absolute atomic E-state index is 0.000117. The lowest BCUT2D eigenvalue weighted by atomic mass is 9.62. The van der Waals surface area contributed by atoms with E-state index in [1.165, 1.54) is 25.3 Å². The Morgan fingerprint density at radius 2 is 2.11 bits per heavy atom. The standard InChI is InChI=1S/C12H14F2N2O3/c1-19-10-3-2-8(16(17)18)4-9(10)11(7-15)5-12(13,14)6-11/h2-4H,5-7,15H2,1H3. The molecule has 7 heteroatoms. The number of methoxy groups -OCH3 is 1. The fourth-order valence-corrected chi connectivity index (χ4v) is 2.61. The highest BCUT2D eigenvalue weighted by molar-refractivity contribution is 5.49. The Kier molecular flexibility index (Phi) is 3.17. The number of halogens is 2. The Bertz CT molecular complexity index is 512. The van der Waals surface area contributed by atoms with Crippen molar-refractivity contribution in [3.8, 4) is 5.75 Å². The summed E-state index contributed by atoms with van der Waals surface area (Å²) in [7, 11) is 1.39. The molecule has 19 heavy (non-hydrogen) atoms. The van der Waals surface area contributed by atoms with E-state index < -0.39 is 29.1 Å². The Hall–Kier alpha value is -1.76. The maximum atomic E-state index is 13.2. The molecule has 0 saturated heterocycles. The highest BCUT2D eigenvalue weighted by Crippen LogP contribution is 2.55. The average Bonchev–Trinajstić information content (AvgIpc) is 2.34. The molecule has 0 radical (unpaired) electrons. The van der Waals surface area contributed by atoms with Crippen LogP contribution in [0.1, 0.15) is 18.4 Å². The summed E-state index contributed by atoms with van der Waals surface area (Å²) in [5.41, 5.74) is 4.90. The third kappa shape index (κ3) is 2.25. The zero-order chi connectivity index (χ0) is 14.3. The van der Waals surface area contributed by atoms with Gasteiger partial charge in [0.2, 0.25) is 5.92 Å². The molecular weight excluding hydrogens is 258 g/mol. The smallest absolute Gasteiger partial charge is 0.269 e. The van der Waals surface area contributed by atoms with Crippen LogP contribution in [0, 0.1) is 10.1 Å². The summed E-state index contributed by atoms with van der Waals surface area (Å²) in [6.07, 6.45) is -0.817. The second kappa shape index (κ2) is 4.41. The van der Waals surface area contributed by atoms with Crippen molar-refractivity contribution >= 4 is 5.69 Å². The number of non-ortho nitro benzene ring substituents is 1. The van der Waals surface area contributed by atoms with Crippen LogP contribution >= 0.6 is 0 Å². The maximum Gasteiger partial charge on any atom is 0.269 e. The molecule has 2 N–H and O–H groups in total. The zero-order valence-corrected chi connectivity index (χ0v) is 10.4. The van der Waals surface area contributed by atoms with Gasteiger partial charge < -0.3 is 10.5 Å². The van der Waals surface area contributed by atoms with Crippen LogP contribution in [-0.2, 0) is 5.41 Å². The molecule has 1 aliphatic rings. The molecule has 1 fully saturated rings. The third-order valence-corrected chi connectivity index (χ3v) is 3.55. The van der Waals surface area contributed by atoms with Crippen LogP contribution in [0.3, 0.4) is 0 Å². The molecule has 0 unspecified atom stereocenters. The Morgan fingerprint density at radius 1 is 1.47 bits per heavy atom. The largest absolute Gasteiger partial charge is 0.496 e. The van der Waals surface area contributed by atoms with Crippen molar-refractivity contribution in [3.05, 3.63) is 33.9 Å². The van der Waals surface area contributed by atoms with Gasteiger partial charge in [-0.05, 0) is 6.07 Å². The minimum atomic E-state index is -2.77. The molecule has 0 bridgehead atoms. The first-order valence-electron chi connectivity index (χ1n) is 5.74. The van der Waals surface area contributed by atoms with E-state index in [-0.39, 0.29) is 12.2 Å². The Balaban J connectivity index is 2.47. The van der Waals surface area contributed by atoms with E-state index in [9.17, 15) is 18.9 Å². The van der Waals surface area contributed by atoms with Gasteiger partial charge in [0, 0.05) is 42.5 Å². The fraction of sp³-hybridized carbons (Fsp3) is 0.500. The van der Waals surface area contributed by atoms with Crippen LogP contribution in [0.5, 0.6) is 5.75 Å². The van der Waals surface area contributed by atoms with Gasteiger partial charge in [-0.3, -0.25) is 10.1 Å². The number of nitrogens with zero attached hydrogens (tertiary/aromatic N) is 1. The monoisotopic (exact) mass is 272 g/mol. The molecule has 1 saturated carbocycles. The number of hydrogen-bond donors (Lipinski definition) is 1. The molecule has 1 aromatic carbocycles. The van der Waals surface area contributed by atoms with Crippen LogP contribution in [0.25, 0.3) is 0 Å².